The van der Waals surface area contributed by atoms with Crippen molar-refractivity contribution >= 4 is 16.1 Å². The molecule has 1 aliphatic heterocycles. The van der Waals surface area contributed by atoms with Crippen LogP contribution in [0.3, 0.4) is 0 Å². The molecule has 1 saturated carbocycles. The zero-order valence-electron chi connectivity index (χ0n) is 18.3. The van der Waals surface area contributed by atoms with Gasteiger partial charge in [-0.1, -0.05) is 0 Å². The molecule has 1 aliphatic carbocycles. The molecule has 30 heavy (non-hydrogen) atoms. The van der Waals surface area contributed by atoms with Gasteiger partial charge in [-0.05, 0) is 66.5 Å². The molecule has 168 valence electrons. The summed E-state index contributed by atoms with van der Waals surface area (Å²) in [6, 6.07) is 3.66. The maximum absolute atomic E-state index is 13.9. The maximum atomic E-state index is 13.9. The van der Waals surface area contributed by atoms with Gasteiger partial charge in [0.15, 0.2) is 0 Å². The molecule has 1 unspecified atom stereocenters. The topological polar surface area (TPSA) is 93.1 Å². The molecule has 3 rings (SSSR count). The van der Waals surface area contributed by atoms with Gasteiger partial charge < -0.3 is 14.6 Å². The van der Waals surface area contributed by atoms with E-state index < -0.39 is 43.4 Å². The highest BCUT2D eigenvalue weighted by molar-refractivity contribution is 7.91. The Labute approximate surface area is 177 Å². The molecule has 2 aliphatic rings. The van der Waals surface area contributed by atoms with E-state index in [-0.39, 0.29) is 37.2 Å². The number of carbonyl (C=O) groups is 1. The van der Waals surface area contributed by atoms with E-state index in [1.54, 1.807) is 41.5 Å². The highest BCUT2D eigenvalue weighted by atomic mass is 32.2. The highest BCUT2D eigenvalue weighted by Gasteiger charge is 2.72. The molecule has 0 bridgehead atoms. The van der Waals surface area contributed by atoms with Crippen molar-refractivity contribution in [3.63, 3.8) is 0 Å². The normalized spacial score (nSPS) is 23.2. The number of sulfonamides is 1. The van der Waals surface area contributed by atoms with Gasteiger partial charge in [0.25, 0.3) is 0 Å². The third kappa shape index (κ3) is 3.56. The highest BCUT2D eigenvalue weighted by Crippen LogP contribution is 2.61. The lowest BCUT2D eigenvalue weighted by Crippen LogP contribution is -2.60. The standard InChI is InChI=1S/C21H30FNO6S/c1-18(2,3)23(17(24)29-19(4,5)6)30(26,27)20(9-10-20)21(25)11-12-28-16-13-14(22)7-8-15(16)21/h7-8,13,25H,9-12H2,1-6H3. The Kier molecular flexibility index (Phi) is 5.18. The van der Waals surface area contributed by atoms with Crippen LogP contribution in [-0.4, -0.2) is 46.4 Å². The van der Waals surface area contributed by atoms with Crippen molar-refractivity contribution < 1.29 is 32.2 Å². The first kappa shape index (κ1) is 22.8. The SMILES string of the molecule is CC(C)(C)OC(=O)N(C(C)(C)C)S(=O)(=O)C1(C2(O)CCOc3cc(F)ccc32)CC1. The van der Waals surface area contributed by atoms with Gasteiger partial charge in [0.05, 0.1) is 12.1 Å². The molecule has 1 aromatic rings. The van der Waals surface area contributed by atoms with Crippen molar-refractivity contribution in [3.8, 4) is 5.75 Å². The third-order valence-electron chi connectivity index (χ3n) is 5.47. The summed E-state index contributed by atoms with van der Waals surface area (Å²) in [5.41, 5.74) is -3.62. The van der Waals surface area contributed by atoms with Gasteiger partial charge >= 0.3 is 6.09 Å². The summed E-state index contributed by atoms with van der Waals surface area (Å²) in [6.07, 6.45) is -0.649. The number of rotatable bonds is 3. The molecule has 1 amide bonds. The summed E-state index contributed by atoms with van der Waals surface area (Å²) in [4.78, 5) is 13.0. The number of aliphatic hydroxyl groups is 1. The van der Waals surface area contributed by atoms with Crippen LogP contribution >= 0.6 is 0 Å². The largest absolute Gasteiger partial charge is 0.493 e. The Morgan fingerprint density at radius 2 is 1.77 bits per heavy atom. The molecule has 0 saturated heterocycles. The third-order valence-corrected chi connectivity index (χ3v) is 8.38. The number of nitrogens with zero attached hydrogens (tertiary/aromatic N) is 1. The lowest BCUT2D eigenvalue weighted by atomic mass is 9.83. The molecule has 1 atom stereocenters. The van der Waals surface area contributed by atoms with E-state index in [9.17, 15) is 22.7 Å². The minimum absolute atomic E-state index is 0.0111. The quantitative estimate of drug-likeness (QED) is 0.766. The van der Waals surface area contributed by atoms with Crippen molar-refractivity contribution in [2.45, 2.75) is 82.3 Å². The van der Waals surface area contributed by atoms with Gasteiger partial charge in [0.2, 0.25) is 10.0 Å². The first-order valence-electron chi connectivity index (χ1n) is 9.98. The van der Waals surface area contributed by atoms with Crippen LogP contribution in [0.1, 0.15) is 66.4 Å². The van der Waals surface area contributed by atoms with E-state index in [1.807, 2.05) is 0 Å². The van der Waals surface area contributed by atoms with Gasteiger partial charge in [-0.2, -0.15) is 4.31 Å². The Balaban J connectivity index is 2.12. The number of benzene rings is 1. The van der Waals surface area contributed by atoms with Gasteiger partial charge in [-0.3, -0.25) is 0 Å². The van der Waals surface area contributed by atoms with Gasteiger partial charge in [-0.15, -0.1) is 0 Å². The number of halogens is 1. The number of carbonyl (C=O) groups excluding carboxylic acids is 1. The lowest BCUT2D eigenvalue weighted by molar-refractivity contribution is -0.0173. The van der Waals surface area contributed by atoms with E-state index in [2.05, 4.69) is 0 Å². The number of fused-ring (bicyclic) bond motifs is 1. The first-order valence-corrected chi connectivity index (χ1v) is 11.4. The summed E-state index contributed by atoms with van der Waals surface area (Å²) >= 11 is 0. The lowest BCUT2D eigenvalue weighted by Gasteiger charge is -2.44. The Morgan fingerprint density at radius 3 is 2.27 bits per heavy atom. The second kappa shape index (κ2) is 6.82. The predicted molar refractivity (Wildman–Crippen MR) is 109 cm³/mol. The molecule has 0 spiro atoms. The number of amides is 1. The number of ether oxygens (including phenoxy) is 2. The summed E-state index contributed by atoms with van der Waals surface area (Å²) in [6.45, 7) is 9.80. The molecule has 1 heterocycles. The molecule has 9 heteroatoms. The summed E-state index contributed by atoms with van der Waals surface area (Å²) in [5.74, 6) is -0.430. The van der Waals surface area contributed by atoms with Crippen molar-refractivity contribution in [1.29, 1.82) is 0 Å². The van der Waals surface area contributed by atoms with Gasteiger partial charge in [0, 0.05) is 18.1 Å². The average molecular weight is 444 g/mol. The van der Waals surface area contributed by atoms with E-state index in [1.165, 1.54) is 6.07 Å². The molecule has 1 fully saturated rings. The van der Waals surface area contributed by atoms with E-state index in [0.717, 1.165) is 16.4 Å². The van der Waals surface area contributed by atoms with Crippen LogP contribution in [0.15, 0.2) is 18.2 Å². The van der Waals surface area contributed by atoms with Crippen LogP contribution in [0.2, 0.25) is 0 Å². The maximum Gasteiger partial charge on any atom is 0.424 e. The monoisotopic (exact) mass is 443 g/mol. The Bertz CT molecular complexity index is 959. The van der Waals surface area contributed by atoms with Crippen molar-refractivity contribution in [2.75, 3.05) is 6.61 Å². The van der Waals surface area contributed by atoms with Crippen molar-refractivity contribution in [2.24, 2.45) is 0 Å². The van der Waals surface area contributed by atoms with E-state index >= 15 is 0 Å². The minimum atomic E-state index is -4.37. The fourth-order valence-electron chi connectivity index (χ4n) is 4.08. The van der Waals surface area contributed by atoms with Crippen LogP contribution < -0.4 is 4.74 Å². The fraction of sp³-hybridized carbons (Fsp3) is 0.667. The van der Waals surface area contributed by atoms with Crippen LogP contribution in [-0.2, 0) is 20.4 Å². The molecule has 1 N–H and O–H groups in total. The number of hydrogen-bond acceptors (Lipinski definition) is 6. The Morgan fingerprint density at radius 1 is 1.17 bits per heavy atom. The van der Waals surface area contributed by atoms with E-state index in [4.69, 9.17) is 9.47 Å². The minimum Gasteiger partial charge on any atom is -0.493 e. The van der Waals surface area contributed by atoms with Gasteiger partial charge in [-0.25, -0.2) is 17.6 Å². The molecule has 1 aromatic carbocycles. The molecule has 7 nitrogen and oxygen atoms in total. The fourth-order valence-corrected chi connectivity index (χ4v) is 6.64. The molecule has 0 aromatic heterocycles. The zero-order chi connectivity index (χ0) is 22.8. The first-order chi connectivity index (χ1) is 13.6. The second-order valence-electron chi connectivity index (χ2n) is 10.0. The molecule has 0 radical (unpaired) electrons. The zero-order valence-corrected chi connectivity index (χ0v) is 19.1. The summed E-state index contributed by atoms with van der Waals surface area (Å²) in [7, 11) is -4.37. The van der Waals surface area contributed by atoms with Crippen molar-refractivity contribution in [3.05, 3.63) is 29.6 Å². The average Bonchev–Trinajstić information content (AvgIpc) is 3.33. The van der Waals surface area contributed by atoms with Crippen LogP contribution in [0.25, 0.3) is 0 Å². The van der Waals surface area contributed by atoms with Crippen LogP contribution in [0, 0.1) is 5.82 Å². The van der Waals surface area contributed by atoms with Crippen LogP contribution in [0.4, 0.5) is 9.18 Å². The van der Waals surface area contributed by atoms with Crippen molar-refractivity contribution in [1.82, 2.24) is 4.31 Å². The summed E-state index contributed by atoms with van der Waals surface area (Å²) in [5, 5.41) is 11.7. The second-order valence-corrected chi connectivity index (χ2v) is 12.1. The number of hydrogen-bond donors (Lipinski definition) is 1. The summed E-state index contributed by atoms with van der Waals surface area (Å²) < 4.78 is 51.5. The Hall–Kier alpha value is -1.87. The molecular formula is C21H30FNO6S. The van der Waals surface area contributed by atoms with Crippen LogP contribution in [0.5, 0.6) is 5.75 Å². The molecular weight excluding hydrogens is 413 g/mol. The van der Waals surface area contributed by atoms with Gasteiger partial charge in [0.1, 0.15) is 27.5 Å². The van der Waals surface area contributed by atoms with E-state index in [0.29, 0.717) is 0 Å². The predicted octanol–water partition coefficient (Wildman–Crippen LogP) is 3.69. The smallest absolute Gasteiger partial charge is 0.424 e.